The van der Waals surface area contributed by atoms with Gasteiger partial charge in [0, 0.05) is 23.8 Å². The number of carbonyl (C=O) groups excluding carboxylic acids is 1. The molecule has 154 valence electrons. The van der Waals surface area contributed by atoms with Crippen LogP contribution in [0.2, 0.25) is 0 Å². The van der Waals surface area contributed by atoms with E-state index in [1.165, 1.54) is 0 Å². The number of hydrogen-bond donors (Lipinski definition) is 2. The summed E-state index contributed by atoms with van der Waals surface area (Å²) in [4.78, 5) is 15.0. The highest BCUT2D eigenvalue weighted by Crippen LogP contribution is 2.28. The van der Waals surface area contributed by atoms with Crippen molar-refractivity contribution < 1.29 is 17.9 Å². The number of carbonyl (C=O) groups is 1. The molecule has 7 nitrogen and oxygen atoms in total. The summed E-state index contributed by atoms with van der Waals surface area (Å²) >= 11 is 0. The molecule has 8 heteroatoms. The highest BCUT2D eigenvalue weighted by molar-refractivity contribution is 7.92. The number of amides is 1. The van der Waals surface area contributed by atoms with Crippen molar-refractivity contribution in [3.63, 3.8) is 0 Å². The Morgan fingerprint density at radius 1 is 1.00 bits per heavy atom. The van der Waals surface area contributed by atoms with Crippen molar-refractivity contribution in [2.24, 2.45) is 5.92 Å². The molecule has 0 radical (unpaired) electrons. The SMILES string of the molecule is CS(=O)(=O)Nc1ccc(Oc2ccc(C(=O)N[C@H]3CN4CCC3CC4)cc2)cc1. The maximum Gasteiger partial charge on any atom is 0.251 e. The Hall–Kier alpha value is -2.58. The summed E-state index contributed by atoms with van der Waals surface area (Å²) in [6, 6.07) is 13.9. The van der Waals surface area contributed by atoms with Gasteiger partial charge < -0.3 is 15.0 Å². The zero-order valence-electron chi connectivity index (χ0n) is 16.3. The first kappa shape index (κ1) is 19.7. The Morgan fingerprint density at radius 2 is 1.59 bits per heavy atom. The normalized spacial score (nSPS) is 23.4. The molecule has 0 saturated carbocycles. The molecule has 0 unspecified atom stereocenters. The lowest BCUT2D eigenvalue weighted by molar-refractivity contribution is 0.0620. The molecule has 3 aliphatic heterocycles. The lowest BCUT2D eigenvalue weighted by Crippen LogP contribution is -2.57. The summed E-state index contributed by atoms with van der Waals surface area (Å²) in [6.45, 7) is 3.24. The minimum absolute atomic E-state index is 0.0495. The number of nitrogens with one attached hydrogen (secondary N) is 2. The molecule has 3 saturated heterocycles. The van der Waals surface area contributed by atoms with Crippen LogP contribution in [0.4, 0.5) is 5.69 Å². The van der Waals surface area contributed by atoms with Gasteiger partial charge in [0.2, 0.25) is 10.0 Å². The molecule has 0 aromatic heterocycles. The van der Waals surface area contributed by atoms with Gasteiger partial charge in [0.05, 0.1) is 6.26 Å². The smallest absolute Gasteiger partial charge is 0.251 e. The van der Waals surface area contributed by atoms with Crippen LogP contribution >= 0.6 is 0 Å². The predicted octanol–water partition coefficient (Wildman–Crippen LogP) is 2.67. The third-order valence-electron chi connectivity index (χ3n) is 5.48. The van der Waals surface area contributed by atoms with E-state index in [2.05, 4.69) is 14.9 Å². The standard InChI is InChI=1S/C21H25N3O4S/c1-29(26,27)23-17-4-8-19(9-5-17)28-18-6-2-16(3-7-18)21(25)22-20-14-24-12-10-15(20)11-13-24/h2-9,15,20,23H,10-14H2,1H3,(H,22,25)/t20-/m0/s1. The quantitative estimate of drug-likeness (QED) is 0.757. The van der Waals surface area contributed by atoms with Gasteiger partial charge >= 0.3 is 0 Å². The second-order valence-corrected chi connectivity index (χ2v) is 9.49. The molecule has 29 heavy (non-hydrogen) atoms. The van der Waals surface area contributed by atoms with Crippen LogP contribution in [-0.4, -0.2) is 51.2 Å². The highest BCUT2D eigenvalue weighted by Gasteiger charge is 2.34. The molecule has 3 heterocycles. The zero-order chi connectivity index (χ0) is 20.4. The van der Waals surface area contributed by atoms with Gasteiger partial charge in [-0.3, -0.25) is 9.52 Å². The minimum atomic E-state index is -3.31. The number of hydrogen-bond acceptors (Lipinski definition) is 5. The lowest BCUT2D eigenvalue weighted by Gasteiger charge is -2.44. The Balaban J connectivity index is 1.34. The zero-order valence-corrected chi connectivity index (χ0v) is 17.1. The van der Waals surface area contributed by atoms with E-state index < -0.39 is 10.0 Å². The van der Waals surface area contributed by atoms with Crippen molar-refractivity contribution >= 4 is 21.6 Å². The van der Waals surface area contributed by atoms with E-state index in [-0.39, 0.29) is 11.9 Å². The fraction of sp³-hybridized carbons (Fsp3) is 0.381. The first-order valence-electron chi connectivity index (χ1n) is 9.75. The van der Waals surface area contributed by atoms with E-state index in [1.54, 1.807) is 48.5 Å². The van der Waals surface area contributed by atoms with Crippen molar-refractivity contribution in [2.75, 3.05) is 30.6 Å². The van der Waals surface area contributed by atoms with Crippen LogP contribution in [0.25, 0.3) is 0 Å². The van der Waals surface area contributed by atoms with Crippen LogP contribution < -0.4 is 14.8 Å². The van der Waals surface area contributed by atoms with E-state index in [9.17, 15) is 13.2 Å². The number of rotatable bonds is 6. The van der Waals surface area contributed by atoms with Crippen LogP contribution in [-0.2, 0) is 10.0 Å². The van der Waals surface area contributed by atoms with Gasteiger partial charge in [-0.15, -0.1) is 0 Å². The highest BCUT2D eigenvalue weighted by atomic mass is 32.2. The van der Waals surface area contributed by atoms with Crippen molar-refractivity contribution in [1.82, 2.24) is 10.2 Å². The molecule has 2 aromatic carbocycles. The molecule has 1 atom stereocenters. The fourth-order valence-electron chi connectivity index (χ4n) is 4.00. The van der Waals surface area contributed by atoms with Crippen molar-refractivity contribution in [3.8, 4) is 11.5 Å². The second kappa shape index (κ2) is 8.04. The second-order valence-electron chi connectivity index (χ2n) is 7.74. The molecule has 0 aliphatic carbocycles. The Labute approximate surface area is 171 Å². The Bertz CT molecular complexity index is 966. The number of benzene rings is 2. The van der Waals surface area contributed by atoms with Crippen LogP contribution in [0.15, 0.2) is 48.5 Å². The van der Waals surface area contributed by atoms with Gasteiger partial charge in [0.25, 0.3) is 5.91 Å². The molecule has 5 rings (SSSR count). The summed E-state index contributed by atoms with van der Waals surface area (Å²) in [7, 11) is -3.31. The van der Waals surface area contributed by atoms with Crippen molar-refractivity contribution in [3.05, 3.63) is 54.1 Å². The first-order valence-corrected chi connectivity index (χ1v) is 11.6. The largest absolute Gasteiger partial charge is 0.457 e. The number of ether oxygens (including phenoxy) is 1. The average Bonchev–Trinajstić information content (AvgIpc) is 2.70. The molecule has 2 bridgehead atoms. The summed E-state index contributed by atoms with van der Waals surface area (Å²) in [5.41, 5.74) is 1.08. The van der Waals surface area contributed by atoms with E-state index >= 15 is 0 Å². The monoisotopic (exact) mass is 415 g/mol. The van der Waals surface area contributed by atoms with Crippen molar-refractivity contribution in [2.45, 2.75) is 18.9 Å². The van der Waals surface area contributed by atoms with Gasteiger partial charge in [-0.05, 0) is 80.4 Å². The molecule has 3 aliphatic rings. The average molecular weight is 416 g/mol. The number of anilines is 1. The number of sulfonamides is 1. The van der Waals surface area contributed by atoms with Gasteiger partial charge in [-0.25, -0.2) is 8.42 Å². The summed E-state index contributed by atoms with van der Waals surface area (Å²) < 4.78 is 30.7. The maximum absolute atomic E-state index is 12.6. The fourth-order valence-corrected chi connectivity index (χ4v) is 4.56. The molecular formula is C21H25N3O4S. The van der Waals surface area contributed by atoms with E-state index in [0.29, 0.717) is 28.7 Å². The van der Waals surface area contributed by atoms with Crippen LogP contribution in [0.5, 0.6) is 11.5 Å². The third kappa shape index (κ3) is 5.07. The molecule has 2 N–H and O–H groups in total. The molecule has 1 amide bonds. The predicted molar refractivity (Wildman–Crippen MR) is 112 cm³/mol. The lowest BCUT2D eigenvalue weighted by atomic mass is 9.84. The van der Waals surface area contributed by atoms with Crippen LogP contribution in [0.3, 0.4) is 0 Å². The first-order chi connectivity index (χ1) is 13.9. The molecule has 0 spiro atoms. The van der Waals surface area contributed by atoms with Gasteiger partial charge in [-0.2, -0.15) is 0 Å². The number of nitrogens with zero attached hydrogens (tertiary/aromatic N) is 1. The summed E-state index contributed by atoms with van der Waals surface area (Å²) in [5.74, 6) is 1.72. The number of piperidine rings is 3. The van der Waals surface area contributed by atoms with Gasteiger partial charge in [0.15, 0.2) is 0 Å². The van der Waals surface area contributed by atoms with Gasteiger partial charge in [-0.1, -0.05) is 0 Å². The Morgan fingerprint density at radius 3 is 2.10 bits per heavy atom. The molecule has 2 aromatic rings. The topological polar surface area (TPSA) is 87.7 Å². The van der Waals surface area contributed by atoms with Crippen LogP contribution in [0.1, 0.15) is 23.2 Å². The maximum atomic E-state index is 12.6. The summed E-state index contributed by atoms with van der Waals surface area (Å²) in [5, 5.41) is 3.18. The Kier molecular flexibility index (Phi) is 5.47. The van der Waals surface area contributed by atoms with E-state index in [4.69, 9.17) is 4.74 Å². The summed E-state index contributed by atoms with van der Waals surface area (Å²) in [6.07, 6.45) is 3.43. The minimum Gasteiger partial charge on any atom is -0.457 e. The van der Waals surface area contributed by atoms with E-state index in [1.807, 2.05) is 0 Å². The molecule has 3 fully saturated rings. The van der Waals surface area contributed by atoms with Crippen molar-refractivity contribution in [1.29, 1.82) is 0 Å². The van der Waals surface area contributed by atoms with Gasteiger partial charge in [0.1, 0.15) is 11.5 Å². The van der Waals surface area contributed by atoms with Crippen LogP contribution in [0, 0.1) is 5.92 Å². The van der Waals surface area contributed by atoms with E-state index in [0.717, 1.165) is 38.7 Å². The molecular weight excluding hydrogens is 390 g/mol. The third-order valence-corrected chi connectivity index (χ3v) is 6.09. The number of fused-ring (bicyclic) bond motifs is 3.